The highest BCUT2D eigenvalue weighted by Gasteiger charge is 2.03. The van der Waals surface area contributed by atoms with Crippen LogP contribution in [-0.4, -0.2) is 25.3 Å². The van der Waals surface area contributed by atoms with Gasteiger partial charge in [-0.3, -0.25) is 9.59 Å². The van der Waals surface area contributed by atoms with E-state index in [1.54, 1.807) is 30.6 Å². The highest BCUT2D eigenvalue weighted by Crippen LogP contribution is 2.10. The van der Waals surface area contributed by atoms with E-state index in [4.69, 9.17) is 4.74 Å². The van der Waals surface area contributed by atoms with Gasteiger partial charge < -0.3 is 10.1 Å². The van der Waals surface area contributed by atoms with Crippen molar-refractivity contribution in [2.75, 3.05) is 13.2 Å². The van der Waals surface area contributed by atoms with Crippen molar-refractivity contribution in [3.63, 3.8) is 0 Å². The van der Waals surface area contributed by atoms with Crippen molar-refractivity contribution in [1.82, 2.24) is 5.32 Å². The topological polar surface area (TPSA) is 55.4 Å². The van der Waals surface area contributed by atoms with Gasteiger partial charge in [-0.1, -0.05) is 13.8 Å². The van der Waals surface area contributed by atoms with Crippen LogP contribution in [-0.2, 0) is 9.59 Å². The Morgan fingerprint density at radius 3 is 2.53 bits per heavy atom. The first-order valence-corrected chi connectivity index (χ1v) is 5.49. The zero-order valence-electron chi connectivity index (χ0n) is 10.0. The molecule has 1 rings (SSSR count). The molecule has 0 aliphatic carbocycles. The number of rotatable bonds is 6. The monoisotopic (exact) mass is 234 g/mol. The van der Waals surface area contributed by atoms with Gasteiger partial charge in [-0.2, -0.15) is 0 Å². The second-order valence-corrected chi connectivity index (χ2v) is 4.11. The summed E-state index contributed by atoms with van der Waals surface area (Å²) in [4.78, 5) is 21.6. The Balaban J connectivity index is 2.34. The standard InChI is InChI=1S/C13H16NO3/c1-10(2)7-14-13(16)9-17-12-5-3-11(8-15)4-6-12/h3-6,10H,7,9H2,1-2H3,(H,14,16). The molecular weight excluding hydrogens is 218 g/mol. The Hall–Kier alpha value is -1.84. The second kappa shape index (κ2) is 6.68. The fourth-order valence-electron chi connectivity index (χ4n) is 1.14. The summed E-state index contributed by atoms with van der Waals surface area (Å²) in [6.45, 7) is 4.67. The Labute approximate surface area is 101 Å². The molecule has 4 heteroatoms. The van der Waals surface area contributed by atoms with Crippen molar-refractivity contribution in [2.24, 2.45) is 5.92 Å². The molecule has 0 bridgehead atoms. The minimum atomic E-state index is -0.148. The quantitative estimate of drug-likeness (QED) is 0.807. The van der Waals surface area contributed by atoms with Crippen molar-refractivity contribution in [3.8, 4) is 5.75 Å². The third-order valence-electron chi connectivity index (χ3n) is 2.05. The van der Waals surface area contributed by atoms with E-state index in [1.807, 2.05) is 13.8 Å². The molecule has 0 saturated heterocycles. The van der Waals surface area contributed by atoms with Gasteiger partial charge in [0.1, 0.15) is 5.75 Å². The van der Waals surface area contributed by atoms with E-state index in [0.29, 0.717) is 23.8 Å². The molecule has 0 heterocycles. The first-order chi connectivity index (χ1) is 8.11. The molecule has 0 aromatic heterocycles. The predicted molar refractivity (Wildman–Crippen MR) is 64.6 cm³/mol. The van der Waals surface area contributed by atoms with Crippen LogP contribution >= 0.6 is 0 Å². The first kappa shape index (κ1) is 13.2. The lowest BCUT2D eigenvalue weighted by Gasteiger charge is -2.09. The third kappa shape index (κ3) is 5.15. The van der Waals surface area contributed by atoms with Gasteiger partial charge in [0.15, 0.2) is 6.61 Å². The van der Waals surface area contributed by atoms with Crippen LogP contribution in [0.5, 0.6) is 5.75 Å². The first-order valence-electron chi connectivity index (χ1n) is 5.49. The van der Waals surface area contributed by atoms with Crippen molar-refractivity contribution in [3.05, 3.63) is 29.8 Å². The molecule has 1 amide bonds. The zero-order chi connectivity index (χ0) is 12.7. The van der Waals surface area contributed by atoms with Gasteiger partial charge >= 0.3 is 0 Å². The fourth-order valence-corrected chi connectivity index (χ4v) is 1.14. The summed E-state index contributed by atoms with van der Waals surface area (Å²) in [5.41, 5.74) is 0.460. The number of carbonyl (C=O) groups excluding carboxylic acids is 2. The maximum absolute atomic E-state index is 11.3. The van der Waals surface area contributed by atoms with E-state index < -0.39 is 0 Å². The Kier molecular flexibility index (Phi) is 5.20. The van der Waals surface area contributed by atoms with E-state index in [0.717, 1.165) is 0 Å². The summed E-state index contributed by atoms with van der Waals surface area (Å²) < 4.78 is 5.26. The molecule has 0 aliphatic heterocycles. The summed E-state index contributed by atoms with van der Waals surface area (Å²) in [5, 5.41) is 2.75. The number of carbonyl (C=O) groups is 1. The largest absolute Gasteiger partial charge is 0.484 e. The molecule has 91 valence electrons. The number of amides is 1. The van der Waals surface area contributed by atoms with E-state index in [-0.39, 0.29) is 12.5 Å². The van der Waals surface area contributed by atoms with Crippen molar-refractivity contribution in [1.29, 1.82) is 0 Å². The van der Waals surface area contributed by atoms with Crippen molar-refractivity contribution < 1.29 is 14.3 Å². The van der Waals surface area contributed by atoms with E-state index in [1.165, 1.54) is 0 Å². The highest BCUT2D eigenvalue weighted by atomic mass is 16.5. The van der Waals surface area contributed by atoms with Crippen LogP contribution in [0, 0.1) is 5.92 Å². The van der Waals surface area contributed by atoms with Gasteiger partial charge in [0.05, 0.1) is 0 Å². The summed E-state index contributed by atoms with van der Waals surface area (Å²) >= 11 is 0. The molecule has 1 aromatic rings. The Morgan fingerprint density at radius 2 is 2.00 bits per heavy atom. The highest BCUT2D eigenvalue weighted by molar-refractivity contribution is 5.77. The van der Waals surface area contributed by atoms with Crippen molar-refractivity contribution in [2.45, 2.75) is 13.8 Å². The average molecular weight is 234 g/mol. The summed E-state index contributed by atoms with van der Waals surface area (Å²) in [6.07, 6.45) is 1.77. The molecule has 1 radical (unpaired) electrons. The molecule has 1 N–H and O–H groups in total. The third-order valence-corrected chi connectivity index (χ3v) is 2.05. The van der Waals surface area contributed by atoms with Gasteiger partial charge in [-0.25, -0.2) is 0 Å². The lowest BCUT2D eigenvalue weighted by Crippen LogP contribution is -2.31. The van der Waals surface area contributed by atoms with Gasteiger partial charge in [0.2, 0.25) is 6.29 Å². The SMILES string of the molecule is CC(C)CNC(=O)COc1ccc([C]=O)cc1. The van der Waals surface area contributed by atoms with Gasteiger partial charge in [-0.15, -0.1) is 0 Å². The van der Waals surface area contributed by atoms with Crippen LogP contribution in [0.15, 0.2) is 24.3 Å². The normalized spacial score (nSPS) is 10.1. The molecule has 0 atom stereocenters. The molecule has 0 spiro atoms. The predicted octanol–water partition coefficient (Wildman–Crippen LogP) is 1.30. The number of ether oxygens (including phenoxy) is 1. The summed E-state index contributed by atoms with van der Waals surface area (Å²) in [5.74, 6) is 0.829. The van der Waals surface area contributed by atoms with Crippen LogP contribution in [0.3, 0.4) is 0 Å². The molecule has 0 unspecified atom stereocenters. The molecule has 0 saturated carbocycles. The second-order valence-electron chi connectivity index (χ2n) is 4.11. The lowest BCUT2D eigenvalue weighted by molar-refractivity contribution is -0.123. The molecule has 4 nitrogen and oxygen atoms in total. The minimum Gasteiger partial charge on any atom is -0.484 e. The van der Waals surface area contributed by atoms with E-state index >= 15 is 0 Å². The zero-order valence-corrected chi connectivity index (χ0v) is 10.0. The Bertz CT molecular complexity index is 371. The van der Waals surface area contributed by atoms with E-state index in [2.05, 4.69) is 5.32 Å². The maximum Gasteiger partial charge on any atom is 0.257 e. The van der Waals surface area contributed by atoms with Gasteiger partial charge in [0, 0.05) is 12.1 Å². The fraction of sp³-hybridized carbons (Fsp3) is 0.385. The van der Waals surface area contributed by atoms with Crippen LogP contribution < -0.4 is 10.1 Å². The van der Waals surface area contributed by atoms with Crippen molar-refractivity contribution >= 4 is 12.2 Å². The van der Waals surface area contributed by atoms with Gasteiger partial charge in [0.25, 0.3) is 5.91 Å². The van der Waals surface area contributed by atoms with E-state index in [9.17, 15) is 9.59 Å². The van der Waals surface area contributed by atoms with Crippen LogP contribution in [0.4, 0.5) is 0 Å². The maximum atomic E-state index is 11.3. The van der Waals surface area contributed by atoms with Crippen LogP contribution in [0.25, 0.3) is 0 Å². The molecule has 17 heavy (non-hydrogen) atoms. The summed E-state index contributed by atoms with van der Waals surface area (Å²) in [6, 6.07) is 6.45. The lowest BCUT2D eigenvalue weighted by atomic mass is 10.2. The van der Waals surface area contributed by atoms with Crippen LogP contribution in [0.2, 0.25) is 0 Å². The number of hydrogen-bond donors (Lipinski definition) is 1. The van der Waals surface area contributed by atoms with Gasteiger partial charge in [-0.05, 0) is 30.2 Å². The minimum absolute atomic E-state index is 0.0170. The number of hydrogen-bond acceptors (Lipinski definition) is 3. The summed E-state index contributed by atoms with van der Waals surface area (Å²) in [7, 11) is 0. The van der Waals surface area contributed by atoms with Crippen LogP contribution in [0.1, 0.15) is 19.4 Å². The number of nitrogens with one attached hydrogen (secondary N) is 1. The smallest absolute Gasteiger partial charge is 0.257 e. The molecular formula is C13H16NO3. The average Bonchev–Trinajstić information content (AvgIpc) is 2.34. The molecule has 0 aliphatic rings. The molecule has 0 fully saturated rings. The molecule has 1 aromatic carbocycles. The number of benzene rings is 1. The Morgan fingerprint density at radius 1 is 1.35 bits per heavy atom.